The lowest BCUT2D eigenvalue weighted by molar-refractivity contribution is -0.191. The number of hydrogen-bond acceptors (Lipinski definition) is 4. The number of pyridine rings is 1. The molecular weight excluding hydrogens is 313 g/mol. The number of esters is 1. The summed E-state index contributed by atoms with van der Waals surface area (Å²) in [6.45, 7) is 0. The fraction of sp³-hybridized carbons (Fsp3) is 0.533. The number of nitrogens with zero attached hydrogens (tertiary/aromatic N) is 1. The first kappa shape index (κ1) is 17.2. The molecule has 0 radical (unpaired) electrons. The molecule has 5 nitrogen and oxygen atoms in total. The molecule has 2 rings (SSSR count). The zero-order chi connectivity index (χ0) is 17.1. The molecule has 0 aromatic carbocycles. The van der Waals surface area contributed by atoms with Gasteiger partial charge in [-0.3, -0.25) is 9.78 Å². The Morgan fingerprint density at radius 2 is 2.13 bits per heavy atom. The number of alkyl halides is 3. The molecule has 8 heteroatoms. The van der Waals surface area contributed by atoms with E-state index in [-0.39, 0.29) is 25.0 Å². The third-order valence-electron chi connectivity index (χ3n) is 4.04. The standard InChI is InChI=1S/C15H17F3N2O3/c1-23-13(22)14(7-4-5-10(9-14)15(16,17)18)20-12(21)11-6-2-3-8-19-11/h2-3,6,8,10H,4-5,7,9H2,1H3,(H,20,21). The van der Waals surface area contributed by atoms with Gasteiger partial charge in [0.2, 0.25) is 0 Å². The molecule has 1 aliphatic carbocycles. The van der Waals surface area contributed by atoms with Crippen LogP contribution in [0.5, 0.6) is 0 Å². The van der Waals surface area contributed by atoms with Crippen molar-refractivity contribution in [3.05, 3.63) is 30.1 Å². The number of hydrogen-bond donors (Lipinski definition) is 1. The first-order valence-electron chi connectivity index (χ1n) is 7.17. The van der Waals surface area contributed by atoms with Gasteiger partial charge in [-0.05, 0) is 37.8 Å². The van der Waals surface area contributed by atoms with E-state index in [0.717, 1.165) is 7.11 Å². The largest absolute Gasteiger partial charge is 0.467 e. The van der Waals surface area contributed by atoms with Crippen molar-refractivity contribution in [2.24, 2.45) is 5.92 Å². The molecule has 1 N–H and O–H groups in total. The van der Waals surface area contributed by atoms with Gasteiger partial charge in [0.25, 0.3) is 5.91 Å². The zero-order valence-electron chi connectivity index (χ0n) is 12.5. The molecule has 1 amide bonds. The molecule has 1 heterocycles. The minimum Gasteiger partial charge on any atom is -0.467 e. The van der Waals surface area contributed by atoms with Crippen LogP contribution in [0.2, 0.25) is 0 Å². The van der Waals surface area contributed by atoms with Gasteiger partial charge in [0.1, 0.15) is 11.2 Å². The lowest BCUT2D eigenvalue weighted by Gasteiger charge is -2.39. The van der Waals surface area contributed by atoms with Crippen molar-refractivity contribution in [2.75, 3.05) is 7.11 Å². The maximum atomic E-state index is 13.0. The molecule has 1 aliphatic rings. The van der Waals surface area contributed by atoms with Gasteiger partial charge < -0.3 is 10.1 Å². The molecule has 2 atom stereocenters. The second-order valence-corrected chi connectivity index (χ2v) is 5.58. The topological polar surface area (TPSA) is 68.3 Å². The molecule has 126 valence electrons. The number of ether oxygens (including phenoxy) is 1. The van der Waals surface area contributed by atoms with Gasteiger partial charge in [-0.1, -0.05) is 6.07 Å². The van der Waals surface area contributed by atoms with Crippen molar-refractivity contribution in [3.63, 3.8) is 0 Å². The SMILES string of the molecule is COC(=O)C1(NC(=O)c2ccccn2)CCCC(C(F)(F)F)C1. The average Bonchev–Trinajstić information content (AvgIpc) is 2.54. The number of aromatic nitrogens is 1. The van der Waals surface area contributed by atoms with E-state index in [1.54, 1.807) is 12.1 Å². The summed E-state index contributed by atoms with van der Waals surface area (Å²) >= 11 is 0. The Labute approximate surface area is 131 Å². The average molecular weight is 330 g/mol. The lowest BCUT2D eigenvalue weighted by Crippen LogP contribution is -2.58. The number of amides is 1. The van der Waals surface area contributed by atoms with Gasteiger partial charge in [0, 0.05) is 6.20 Å². The minimum atomic E-state index is -4.42. The Hall–Kier alpha value is -2.12. The first-order chi connectivity index (χ1) is 10.8. The third-order valence-corrected chi connectivity index (χ3v) is 4.04. The molecule has 0 aliphatic heterocycles. The van der Waals surface area contributed by atoms with Crippen LogP contribution >= 0.6 is 0 Å². The normalized spacial score (nSPS) is 24.8. The summed E-state index contributed by atoms with van der Waals surface area (Å²) in [5, 5.41) is 2.43. The summed E-state index contributed by atoms with van der Waals surface area (Å²) in [6, 6.07) is 4.60. The highest BCUT2D eigenvalue weighted by atomic mass is 19.4. The molecule has 1 saturated carbocycles. The Bertz CT molecular complexity index is 577. The fourth-order valence-electron chi connectivity index (χ4n) is 2.88. The third kappa shape index (κ3) is 3.80. The van der Waals surface area contributed by atoms with Crippen molar-refractivity contribution in [1.29, 1.82) is 0 Å². The highest BCUT2D eigenvalue weighted by molar-refractivity contribution is 5.96. The van der Waals surface area contributed by atoms with E-state index >= 15 is 0 Å². The van der Waals surface area contributed by atoms with Crippen molar-refractivity contribution < 1.29 is 27.5 Å². The fourth-order valence-corrected chi connectivity index (χ4v) is 2.88. The van der Waals surface area contributed by atoms with Gasteiger partial charge in [0.05, 0.1) is 13.0 Å². The quantitative estimate of drug-likeness (QED) is 0.865. The maximum Gasteiger partial charge on any atom is 0.391 e. The summed E-state index contributed by atoms with van der Waals surface area (Å²) in [5.74, 6) is -3.21. The highest BCUT2D eigenvalue weighted by Crippen LogP contribution is 2.42. The summed E-state index contributed by atoms with van der Waals surface area (Å²) < 4.78 is 43.8. The van der Waals surface area contributed by atoms with E-state index in [1.165, 1.54) is 12.3 Å². The number of nitrogens with one attached hydrogen (secondary N) is 1. The van der Waals surface area contributed by atoms with E-state index in [2.05, 4.69) is 15.0 Å². The lowest BCUT2D eigenvalue weighted by atomic mass is 9.75. The Kier molecular flexibility index (Phi) is 4.91. The summed E-state index contributed by atoms with van der Waals surface area (Å²) in [5.41, 5.74) is -1.65. The van der Waals surface area contributed by atoms with Crippen LogP contribution in [0.15, 0.2) is 24.4 Å². The van der Waals surface area contributed by atoms with Gasteiger partial charge in [-0.25, -0.2) is 4.79 Å². The monoisotopic (exact) mass is 330 g/mol. The van der Waals surface area contributed by atoms with Crippen molar-refractivity contribution >= 4 is 11.9 Å². The van der Waals surface area contributed by atoms with E-state index in [4.69, 9.17) is 0 Å². The van der Waals surface area contributed by atoms with Crippen LogP contribution in [0.4, 0.5) is 13.2 Å². The van der Waals surface area contributed by atoms with Crippen LogP contribution in [-0.2, 0) is 9.53 Å². The van der Waals surface area contributed by atoms with Crippen LogP contribution in [0.1, 0.15) is 36.2 Å². The molecule has 1 fully saturated rings. The van der Waals surface area contributed by atoms with Crippen molar-refractivity contribution in [3.8, 4) is 0 Å². The van der Waals surface area contributed by atoms with Crippen molar-refractivity contribution in [1.82, 2.24) is 10.3 Å². The molecule has 0 bridgehead atoms. The number of carbonyl (C=O) groups excluding carboxylic acids is 2. The number of halogens is 3. The van der Waals surface area contributed by atoms with Gasteiger partial charge in [-0.15, -0.1) is 0 Å². The second kappa shape index (κ2) is 6.55. The summed E-state index contributed by atoms with van der Waals surface area (Å²) in [7, 11) is 1.09. The predicted octanol–water partition coefficient (Wildman–Crippen LogP) is 2.48. The number of rotatable bonds is 3. The molecule has 1 aromatic heterocycles. The maximum absolute atomic E-state index is 13.0. The molecular formula is C15H17F3N2O3. The van der Waals surface area contributed by atoms with E-state index in [9.17, 15) is 22.8 Å². The number of carbonyl (C=O) groups is 2. The van der Waals surface area contributed by atoms with Crippen LogP contribution < -0.4 is 5.32 Å². The van der Waals surface area contributed by atoms with E-state index in [0.29, 0.717) is 0 Å². The second-order valence-electron chi connectivity index (χ2n) is 5.58. The Morgan fingerprint density at radius 3 is 2.70 bits per heavy atom. The van der Waals surface area contributed by atoms with Gasteiger partial charge in [-0.2, -0.15) is 13.2 Å². The Morgan fingerprint density at radius 1 is 1.39 bits per heavy atom. The molecule has 0 saturated heterocycles. The van der Waals surface area contributed by atoms with Crippen LogP contribution in [-0.4, -0.2) is 35.7 Å². The predicted molar refractivity (Wildman–Crippen MR) is 74.5 cm³/mol. The van der Waals surface area contributed by atoms with Gasteiger partial charge >= 0.3 is 12.1 Å². The van der Waals surface area contributed by atoms with Crippen LogP contribution in [0, 0.1) is 5.92 Å². The zero-order valence-corrected chi connectivity index (χ0v) is 12.5. The van der Waals surface area contributed by atoms with Crippen LogP contribution in [0.25, 0.3) is 0 Å². The molecule has 0 spiro atoms. The Balaban J connectivity index is 2.26. The molecule has 23 heavy (non-hydrogen) atoms. The first-order valence-corrected chi connectivity index (χ1v) is 7.17. The van der Waals surface area contributed by atoms with Crippen molar-refractivity contribution in [2.45, 2.75) is 37.4 Å². The van der Waals surface area contributed by atoms with Crippen LogP contribution in [0.3, 0.4) is 0 Å². The van der Waals surface area contributed by atoms with Gasteiger partial charge in [0.15, 0.2) is 0 Å². The van der Waals surface area contributed by atoms with E-state index in [1.807, 2.05) is 0 Å². The summed E-state index contributed by atoms with van der Waals surface area (Å²) in [4.78, 5) is 28.2. The van der Waals surface area contributed by atoms with E-state index < -0.39 is 35.9 Å². The summed E-state index contributed by atoms with van der Waals surface area (Å²) in [6.07, 6.45) is -3.36. The highest BCUT2D eigenvalue weighted by Gasteiger charge is 2.52. The molecule has 1 aromatic rings. The minimum absolute atomic E-state index is 0.0323. The molecule has 2 unspecified atom stereocenters. The smallest absolute Gasteiger partial charge is 0.391 e. The number of methoxy groups -OCH3 is 1.